The third-order valence-corrected chi connectivity index (χ3v) is 2.14. The van der Waals surface area contributed by atoms with E-state index < -0.39 is 0 Å². The van der Waals surface area contributed by atoms with Gasteiger partial charge in [-0.05, 0) is 13.3 Å². The van der Waals surface area contributed by atoms with Gasteiger partial charge in [0.15, 0.2) is 0 Å². The Morgan fingerprint density at radius 1 is 1.54 bits per heavy atom. The Kier molecular flexibility index (Phi) is 4.54. The van der Waals surface area contributed by atoms with Crippen LogP contribution < -0.4 is 5.32 Å². The summed E-state index contributed by atoms with van der Waals surface area (Å²) in [5.74, 6) is 0. The second-order valence-electron chi connectivity index (χ2n) is 3.44. The molecule has 1 N–H and O–H groups in total. The van der Waals surface area contributed by atoms with E-state index in [-0.39, 0.29) is 0 Å². The number of aromatic nitrogens is 2. The fraction of sp³-hybridized carbons (Fsp3) is 0.700. The summed E-state index contributed by atoms with van der Waals surface area (Å²) in [6.45, 7) is 6.48. The van der Waals surface area contributed by atoms with Crippen LogP contribution in [0.1, 0.15) is 26.7 Å². The van der Waals surface area contributed by atoms with E-state index in [4.69, 9.17) is 0 Å². The summed E-state index contributed by atoms with van der Waals surface area (Å²) in [6, 6.07) is 0.633. The molecule has 1 rings (SSSR count). The van der Waals surface area contributed by atoms with Crippen molar-refractivity contribution in [3.05, 3.63) is 18.7 Å². The van der Waals surface area contributed by atoms with E-state index in [0.717, 1.165) is 13.1 Å². The van der Waals surface area contributed by atoms with Crippen LogP contribution in [0.4, 0.5) is 0 Å². The van der Waals surface area contributed by atoms with Crippen LogP contribution in [0.25, 0.3) is 0 Å². The van der Waals surface area contributed by atoms with Crippen LogP contribution in [0.2, 0.25) is 0 Å². The van der Waals surface area contributed by atoms with E-state index in [1.165, 1.54) is 12.8 Å². The molecule has 1 heterocycles. The highest BCUT2D eigenvalue weighted by atomic mass is 15.0. The SMILES string of the molecule is CCCC(C)NCCn1ccnc1. The molecule has 13 heavy (non-hydrogen) atoms. The molecule has 0 aliphatic carbocycles. The second-order valence-corrected chi connectivity index (χ2v) is 3.44. The highest BCUT2D eigenvalue weighted by molar-refractivity contribution is 4.74. The van der Waals surface area contributed by atoms with E-state index in [1.54, 1.807) is 0 Å². The minimum atomic E-state index is 0.633. The lowest BCUT2D eigenvalue weighted by Gasteiger charge is -2.12. The van der Waals surface area contributed by atoms with Gasteiger partial charge in [-0.2, -0.15) is 0 Å². The van der Waals surface area contributed by atoms with Gasteiger partial charge in [-0.3, -0.25) is 0 Å². The Bertz CT molecular complexity index is 206. The molecule has 0 radical (unpaired) electrons. The van der Waals surface area contributed by atoms with Crippen LogP contribution >= 0.6 is 0 Å². The minimum absolute atomic E-state index is 0.633. The van der Waals surface area contributed by atoms with Gasteiger partial charge < -0.3 is 9.88 Å². The normalized spacial score (nSPS) is 13.1. The highest BCUT2D eigenvalue weighted by Gasteiger charge is 1.97. The highest BCUT2D eigenvalue weighted by Crippen LogP contribution is 1.94. The summed E-state index contributed by atoms with van der Waals surface area (Å²) in [5.41, 5.74) is 0. The van der Waals surface area contributed by atoms with Crippen LogP contribution in [0.3, 0.4) is 0 Å². The standard InChI is InChI=1S/C10H19N3/c1-3-4-10(2)12-6-8-13-7-5-11-9-13/h5,7,9-10,12H,3-4,6,8H2,1-2H3. The first-order valence-electron chi connectivity index (χ1n) is 5.02. The first-order chi connectivity index (χ1) is 6.33. The lowest BCUT2D eigenvalue weighted by atomic mass is 10.2. The number of nitrogens with one attached hydrogen (secondary N) is 1. The van der Waals surface area contributed by atoms with E-state index in [9.17, 15) is 0 Å². The molecule has 0 fully saturated rings. The molecular weight excluding hydrogens is 162 g/mol. The number of hydrogen-bond donors (Lipinski definition) is 1. The van der Waals surface area contributed by atoms with Crippen molar-refractivity contribution in [1.82, 2.24) is 14.9 Å². The summed E-state index contributed by atoms with van der Waals surface area (Å²) < 4.78 is 2.09. The summed E-state index contributed by atoms with van der Waals surface area (Å²) in [7, 11) is 0. The quantitative estimate of drug-likeness (QED) is 0.723. The smallest absolute Gasteiger partial charge is 0.0946 e. The van der Waals surface area contributed by atoms with Crippen molar-refractivity contribution in [3.8, 4) is 0 Å². The van der Waals surface area contributed by atoms with Gasteiger partial charge in [-0.1, -0.05) is 13.3 Å². The summed E-state index contributed by atoms with van der Waals surface area (Å²) in [6.07, 6.45) is 8.16. The predicted octanol–water partition coefficient (Wildman–Crippen LogP) is 1.66. The molecule has 0 aliphatic rings. The van der Waals surface area contributed by atoms with Gasteiger partial charge in [-0.25, -0.2) is 4.98 Å². The molecule has 0 aromatic carbocycles. The zero-order valence-corrected chi connectivity index (χ0v) is 8.53. The number of nitrogens with zero attached hydrogens (tertiary/aromatic N) is 2. The molecule has 74 valence electrons. The first kappa shape index (κ1) is 10.3. The lowest BCUT2D eigenvalue weighted by Crippen LogP contribution is -2.28. The topological polar surface area (TPSA) is 29.9 Å². The Morgan fingerprint density at radius 2 is 2.38 bits per heavy atom. The maximum atomic E-state index is 3.99. The van der Waals surface area contributed by atoms with Crippen molar-refractivity contribution >= 4 is 0 Å². The molecule has 3 heteroatoms. The van der Waals surface area contributed by atoms with Gasteiger partial charge >= 0.3 is 0 Å². The van der Waals surface area contributed by atoms with Crippen molar-refractivity contribution < 1.29 is 0 Å². The average molecular weight is 181 g/mol. The molecule has 0 saturated heterocycles. The molecule has 3 nitrogen and oxygen atoms in total. The Balaban J connectivity index is 2.07. The predicted molar refractivity (Wildman–Crippen MR) is 54.6 cm³/mol. The van der Waals surface area contributed by atoms with Gasteiger partial charge in [0.2, 0.25) is 0 Å². The van der Waals surface area contributed by atoms with Crippen molar-refractivity contribution in [2.24, 2.45) is 0 Å². The van der Waals surface area contributed by atoms with E-state index in [0.29, 0.717) is 6.04 Å². The Morgan fingerprint density at radius 3 is 3.00 bits per heavy atom. The third-order valence-electron chi connectivity index (χ3n) is 2.14. The number of hydrogen-bond acceptors (Lipinski definition) is 2. The molecule has 1 aromatic heterocycles. The Labute approximate surface area is 80.2 Å². The monoisotopic (exact) mass is 181 g/mol. The molecule has 1 unspecified atom stereocenters. The summed E-state index contributed by atoms with van der Waals surface area (Å²) >= 11 is 0. The number of rotatable bonds is 6. The minimum Gasteiger partial charge on any atom is -0.336 e. The fourth-order valence-electron chi connectivity index (χ4n) is 1.39. The van der Waals surface area contributed by atoms with Crippen LogP contribution in [0, 0.1) is 0 Å². The van der Waals surface area contributed by atoms with Crippen LogP contribution in [0.15, 0.2) is 18.7 Å². The Hall–Kier alpha value is -0.830. The largest absolute Gasteiger partial charge is 0.336 e. The summed E-state index contributed by atoms with van der Waals surface area (Å²) in [5, 5.41) is 3.47. The second kappa shape index (κ2) is 5.75. The third kappa shape index (κ3) is 4.08. The molecule has 0 aliphatic heterocycles. The van der Waals surface area contributed by atoms with Crippen LogP contribution in [0.5, 0.6) is 0 Å². The molecule has 1 aromatic rings. The molecule has 1 atom stereocenters. The molecule has 0 amide bonds. The van der Waals surface area contributed by atoms with Gasteiger partial charge in [-0.15, -0.1) is 0 Å². The first-order valence-corrected chi connectivity index (χ1v) is 5.02. The van der Waals surface area contributed by atoms with Gasteiger partial charge in [0.25, 0.3) is 0 Å². The number of imidazole rings is 1. The van der Waals surface area contributed by atoms with E-state index >= 15 is 0 Å². The average Bonchev–Trinajstić information content (AvgIpc) is 2.57. The van der Waals surface area contributed by atoms with Crippen molar-refractivity contribution in [3.63, 3.8) is 0 Å². The van der Waals surface area contributed by atoms with E-state index in [2.05, 4.69) is 28.7 Å². The maximum Gasteiger partial charge on any atom is 0.0946 e. The molecule has 0 bridgehead atoms. The van der Waals surface area contributed by atoms with Crippen molar-refractivity contribution in [2.75, 3.05) is 6.54 Å². The zero-order chi connectivity index (χ0) is 9.52. The molecule has 0 saturated carbocycles. The van der Waals surface area contributed by atoms with Gasteiger partial charge in [0.1, 0.15) is 0 Å². The molecule has 0 spiro atoms. The van der Waals surface area contributed by atoms with E-state index in [1.807, 2.05) is 18.7 Å². The van der Waals surface area contributed by atoms with Crippen molar-refractivity contribution in [2.45, 2.75) is 39.3 Å². The molecular formula is C10H19N3. The van der Waals surface area contributed by atoms with Gasteiger partial charge in [0.05, 0.1) is 6.33 Å². The van der Waals surface area contributed by atoms with Crippen LogP contribution in [-0.4, -0.2) is 22.1 Å². The van der Waals surface area contributed by atoms with Gasteiger partial charge in [0, 0.05) is 31.5 Å². The van der Waals surface area contributed by atoms with Crippen LogP contribution in [-0.2, 0) is 6.54 Å². The fourth-order valence-corrected chi connectivity index (χ4v) is 1.39. The summed E-state index contributed by atoms with van der Waals surface area (Å²) in [4.78, 5) is 3.99. The lowest BCUT2D eigenvalue weighted by molar-refractivity contribution is 0.486. The van der Waals surface area contributed by atoms with Crippen molar-refractivity contribution in [1.29, 1.82) is 0 Å². The zero-order valence-electron chi connectivity index (χ0n) is 8.53. The maximum absolute atomic E-state index is 3.99.